The first-order valence-electron chi connectivity index (χ1n) is 7.74. The number of nitrogens with two attached hydrogens (primary N) is 1. The van der Waals surface area contributed by atoms with Gasteiger partial charge in [0, 0.05) is 26.1 Å². The van der Waals surface area contributed by atoms with Crippen LogP contribution in [0.15, 0.2) is 0 Å². The monoisotopic (exact) mass is 284 g/mol. The summed E-state index contributed by atoms with van der Waals surface area (Å²) < 4.78 is 5.39. The highest BCUT2D eigenvalue weighted by molar-refractivity contribution is 5.83. The van der Waals surface area contributed by atoms with Gasteiger partial charge in [-0.3, -0.25) is 4.79 Å². The third-order valence-corrected chi connectivity index (χ3v) is 5.32. The van der Waals surface area contributed by atoms with Gasteiger partial charge in [0.1, 0.15) is 5.60 Å². The minimum absolute atomic E-state index is 0.000532. The number of carbonyl (C=O) groups is 1. The Labute approximate surface area is 121 Å². The van der Waals surface area contributed by atoms with Crippen LogP contribution in [0, 0.1) is 11.3 Å². The molecular weight excluding hydrogens is 256 g/mol. The number of rotatable bonds is 4. The molecule has 4 N–H and O–H groups in total. The first-order chi connectivity index (χ1) is 9.42. The number of aliphatic hydroxyl groups is 1. The molecule has 0 aromatic rings. The molecule has 0 bridgehead atoms. The molecule has 2 atom stereocenters. The average Bonchev–Trinajstić information content (AvgIpc) is 2.78. The fraction of sp³-hybridized carbons (Fsp3) is 0.933. The lowest BCUT2D eigenvalue weighted by molar-refractivity contribution is -0.134. The predicted octanol–water partition coefficient (Wildman–Crippen LogP) is 0.798. The highest BCUT2D eigenvalue weighted by Crippen LogP contribution is 2.38. The summed E-state index contributed by atoms with van der Waals surface area (Å²) in [6.07, 6.45) is 4.13. The fourth-order valence-electron chi connectivity index (χ4n) is 3.26. The van der Waals surface area contributed by atoms with Crippen molar-refractivity contribution in [1.29, 1.82) is 0 Å². The van der Waals surface area contributed by atoms with Crippen LogP contribution in [0.3, 0.4) is 0 Å². The number of amides is 1. The summed E-state index contributed by atoms with van der Waals surface area (Å²) in [5, 5.41) is 13.4. The van der Waals surface area contributed by atoms with Crippen molar-refractivity contribution in [1.82, 2.24) is 5.32 Å². The lowest BCUT2D eigenvalue weighted by Crippen LogP contribution is -2.53. The van der Waals surface area contributed by atoms with Gasteiger partial charge < -0.3 is 20.9 Å². The molecule has 1 amide bonds. The Hall–Kier alpha value is -0.650. The minimum atomic E-state index is -0.937. The first-order valence-corrected chi connectivity index (χ1v) is 7.74. The largest absolute Gasteiger partial charge is 0.385 e. The van der Waals surface area contributed by atoms with Crippen molar-refractivity contribution in [2.45, 2.75) is 57.7 Å². The Morgan fingerprint density at radius 3 is 2.50 bits per heavy atom. The van der Waals surface area contributed by atoms with E-state index in [-0.39, 0.29) is 18.6 Å². The summed E-state index contributed by atoms with van der Waals surface area (Å²) in [5.41, 5.74) is 4.50. The van der Waals surface area contributed by atoms with Crippen LogP contribution in [0.5, 0.6) is 0 Å². The normalized spacial score (nSPS) is 41.6. The Bertz CT molecular complexity index is 353. The topological polar surface area (TPSA) is 84.6 Å². The molecule has 2 aliphatic rings. The van der Waals surface area contributed by atoms with E-state index in [9.17, 15) is 9.90 Å². The Balaban J connectivity index is 1.93. The molecule has 1 saturated carbocycles. The fourth-order valence-corrected chi connectivity index (χ4v) is 3.26. The van der Waals surface area contributed by atoms with E-state index < -0.39 is 11.0 Å². The van der Waals surface area contributed by atoms with Crippen molar-refractivity contribution in [2.24, 2.45) is 17.1 Å². The van der Waals surface area contributed by atoms with E-state index in [2.05, 4.69) is 12.2 Å². The summed E-state index contributed by atoms with van der Waals surface area (Å²) in [6, 6.07) is 0. The minimum Gasteiger partial charge on any atom is -0.385 e. The third-order valence-electron chi connectivity index (χ3n) is 5.32. The van der Waals surface area contributed by atoms with Crippen LogP contribution in [-0.2, 0) is 9.53 Å². The Morgan fingerprint density at radius 2 is 2.00 bits per heavy atom. The molecule has 2 unspecified atom stereocenters. The average molecular weight is 284 g/mol. The van der Waals surface area contributed by atoms with E-state index in [0.29, 0.717) is 25.5 Å². The predicted molar refractivity (Wildman–Crippen MR) is 77.1 cm³/mol. The summed E-state index contributed by atoms with van der Waals surface area (Å²) in [4.78, 5) is 12.5. The smallest absolute Gasteiger partial charge is 0.227 e. The molecule has 1 aliphatic carbocycles. The summed E-state index contributed by atoms with van der Waals surface area (Å²) in [5.74, 6) is 0.675. The van der Waals surface area contributed by atoms with Gasteiger partial charge in [-0.2, -0.15) is 0 Å². The SMILES string of the molecule is CC1CCC(CN)(C(=O)NCC2(O)CCOC2C)CC1. The van der Waals surface area contributed by atoms with Crippen molar-refractivity contribution in [3.63, 3.8) is 0 Å². The lowest BCUT2D eigenvalue weighted by atomic mass is 9.70. The zero-order valence-electron chi connectivity index (χ0n) is 12.7. The molecule has 1 aliphatic heterocycles. The van der Waals surface area contributed by atoms with Gasteiger partial charge in [0.15, 0.2) is 0 Å². The number of carbonyl (C=O) groups excluding carboxylic acids is 1. The van der Waals surface area contributed by atoms with Gasteiger partial charge in [0.2, 0.25) is 5.91 Å². The molecule has 0 aromatic heterocycles. The molecule has 5 nitrogen and oxygen atoms in total. The maximum Gasteiger partial charge on any atom is 0.227 e. The third kappa shape index (κ3) is 3.00. The first kappa shape index (κ1) is 15.7. The molecule has 1 heterocycles. The van der Waals surface area contributed by atoms with Gasteiger partial charge in [-0.05, 0) is 38.5 Å². The molecule has 2 fully saturated rings. The van der Waals surface area contributed by atoms with E-state index in [0.717, 1.165) is 25.7 Å². The van der Waals surface area contributed by atoms with Gasteiger partial charge in [-0.25, -0.2) is 0 Å². The highest BCUT2D eigenvalue weighted by atomic mass is 16.5. The van der Waals surface area contributed by atoms with Crippen molar-refractivity contribution < 1.29 is 14.6 Å². The number of hydrogen-bond acceptors (Lipinski definition) is 4. The molecule has 20 heavy (non-hydrogen) atoms. The summed E-state index contributed by atoms with van der Waals surface area (Å²) >= 11 is 0. The molecule has 1 saturated heterocycles. The van der Waals surface area contributed by atoms with Gasteiger partial charge in [0.25, 0.3) is 0 Å². The molecular formula is C15H28N2O3. The maximum absolute atomic E-state index is 12.5. The highest BCUT2D eigenvalue weighted by Gasteiger charge is 2.43. The Morgan fingerprint density at radius 1 is 1.35 bits per heavy atom. The van der Waals surface area contributed by atoms with Crippen LogP contribution in [-0.4, -0.2) is 42.4 Å². The second-order valence-electron chi connectivity index (χ2n) is 6.72. The van der Waals surface area contributed by atoms with Crippen molar-refractivity contribution in [2.75, 3.05) is 19.7 Å². The standard InChI is InChI=1S/C15H28N2O3/c1-11-3-5-14(9-16,6-4-11)13(18)17-10-15(19)7-8-20-12(15)2/h11-12,19H,3-10,16H2,1-2H3,(H,17,18). The van der Waals surface area contributed by atoms with Gasteiger partial charge >= 0.3 is 0 Å². The summed E-state index contributed by atoms with van der Waals surface area (Å²) in [7, 11) is 0. The van der Waals surface area contributed by atoms with E-state index in [1.165, 1.54) is 0 Å². The summed E-state index contributed by atoms with van der Waals surface area (Å²) in [6.45, 7) is 5.26. The van der Waals surface area contributed by atoms with Crippen LogP contribution >= 0.6 is 0 Å². The van der Waals surface area contributed by atoms with Crippen molar-refractivity contribution in [3.05, 3.63) is 0 Å². The van der Waals surface area contributed by atoms with E-state index in [1.807, 2.05) is 6.92 Å². The maximum atomic E-state index is 12.5. The Kier molecular flexibility index (Phi) is 4.72. The van der Waals surface area contributed by atoms with E-state index >= 15 is 0 Å². The number of hydrogen-bond donors (Lipinski definition) is 3. The van der Waals surface area contributed by atoms with Crippen LogP contribution in [0.4, 0.5) is 0 Å². The van der Waals surface area contributed by atoms with Gasteiger partial charge in [-0.1, -0.05) is 6.92 Å². The molecule has 116 valence electrons. The molecule has 0 spiro atoms. The lowest BCUT2D eigenvalue weighted by Gasteiger charge is -2.38. The van der Waals surface area contributed by atoms with Crippen molar-refractivity contribution in [3.8, 4) is 0 Å². The van der Waals surface area contributed by atoms with E-state index in [1.54, 1.807) is 0 Å². The van der Waals surface area contributed by atoms with E-state index in [4.69, 9.17) is 10.5 Å². The molecule has 5 heteroatoms. The second-order valence-corrected chi connectivity index (χ2v) is 6.72. The van der Waals surface area contributed by atoms with Crippen LogP contribution in [0.25, 0.3) is 0 Å². The van der Waals surface area contributed by atoms with Crippen molar-refractivity contribution >= 4 is 5.91 Å². The molecule has 2 rings (SSSR count). The van der Waals surface area contributed by atoms with Gasteiger partial charge in [-0.15, -0.1) is 0 Å². The van der Waals surface area contributed by atoms with Crippen LogP contribution < -0.4 is 11.1 Å². The zero-order chi connectivity index (χ0) is 14.8. The zero-order valence-corrected chi connectivity index (χ0v) is 12.7. The quantitative estimate of drug-likeness (QED) is 0.713. The number of nitrogens with one attached hydrogen (secondary N) is 1. The molecule has 0 aromatic carbocycles. The molecule has 0 radical (unpaired) electrons. The second kappa shape index (κ2) is 6.00. The van der Waals surface area contributed by atoms with Crippen LogP contribution in [0.2, 0.25) is 0 Å². The van der Waals surface area contributed by atoms with Gasteiger partial charge in [0.05, 0.1) is 11.5 Å². The number of ether oxygens (including phenoxy) is 1. The van der Waals surface area contributed by atoms with Crippen LogP contribution in [0.1, 0.15) is 46.0 Å².